The monoisotopic (exact) mass is 203 g/mol. The fraction of sp³-hybridized carbons (Fsp3) is 0.571. The Kier molecular flexibility index (Phi) is 3.11. The van der Waals surface area contributed by atoms with E-state index in [9.17, 15) is 0 Å². The van der Waals surface area contributed by atoms with E-state index in [2.05, 4.69) is 37.3 Å². The molecule has 0 radical (unpaired) electrons. The first kappa shape index (κ1) is 10.7. The van der Waals surface area contributed by atoms with E-state index in [-0.39, 0.29) is 5.54 Å². The third-order valence-corrected chi connectivity index (χ3v) is 3.85. The lowest BCUT2D eigenvalue weighted by Crippen LogP contribution is -2.42. The molecule has 0 spiro atoms. The zero-order valence-corrected chi connectivity index (χ0v) is 9.58. The zero-order chi connectivity index (χ0) is 10.7. The molecule has 1 saturated carbocycles. The lowest BCUT2D eigenvalue weighted by molar-refractivity contribution is 0.224. The molecule has 1 atom stereocenters. The maximum atomic E-state index is 6.51. The van der Waals surface area contributed by atoms with Crippen LogP contribution in [0.5, 0.6) is 0 Å². The molecule has 1 heteroatoms. The minimum Gasteiger partial charge on any atom is -0.321 e. The Balaban J connectivity index is 2.18. The summed E-state index contributed by atoms with van der Waals surface area (Å²) in [5.41, 5.74) is 7.66. The molecule has 0 aliphatic heterocycles. The summed E-state index contributed by atoms with van der Waals surface area (Å²) in [4.78, 5) is 0. The molecule has 1 aromatic rings. The van der Waals surface area contributed by atoms with Gasteiger partial charge in [0.15, 0.2) is 0 Å². The van der Waals surface area contributed by atoms with Crippen LogP contribution >= 0.6 is 0 Å². The molecular formula is C14H21N. The highest BCUT2D eigenvalue weighted by Gasteiger charge is 2.32. The molecule has 0 amide bonds. The van der Waals surface area contributed by atoms with Gasteiger partial charge < -0.3 is 5.73 Å². The third-order valence-electron chi connectivity index (χ3n) is 3.85. The molecule has 1 aliphatic rings. The van der Waals surface area contributed by atoms with Crippen molar-refractivity contribution in [2.24, 2.45) is 11.7 Å². The van der Waals surface area contributed by atoms with Gasteiger partial charge in [-0.2, -0.15) is 0 Å². The molecule has 1 aliphatic carbocycles. The first-order valence-corrected chi connectivity index (χ1v) is 6.05. The minimum absolute atomic E-state index is 0.137. The van der Waals surface area contributed by atoms with Crippen LogP contribution in [0.2, 0.25) is 0 Å². The predicted molar refractivity (Wildman–Crippen MR) is 64.6 cm³/mol. The standard InChI is InChI=1S/C14H21N/c1-14(15,12-8-4-2-5-9-12)13-10-6-3-7-11-13/h2,4-5,8-9,13H,3,6-7,10-11,15H2,1H3. The van der Waals surface area contributed by atoms with Gasteiger partial charge in [0, 0.05) is 5.54 Å². The van der Waals surface area contributed by atoms with Crippen molar-refractivity contribution in [3.63, 3.8) is 0 Å². The lowest BCUT2D eigenvalue weighted by atomic mass is 9.73. The van der Waals surface area contributed by atoms with E-state index in [0.29, 0.717) is 5.92 Å². The van der Waals surface area contributed by atoms with Crippen molar-refractivity contribution in [3.05, 3.63) is 35.9 Å². The number of hydrogen-bond donors (Lipinski definition) is 1. The number of nitrogens with two attached hydrogens (primary N) is 1. The smallest absolute Gasteiger partial charge is 0.0409 e. The minimum atomic E-state index is -0.137. The van der Waals surface area contributed by atoms with Gasteiger partial charge >= 0.3 is 0 Å². The summed E-state index contributed by atoms with van der Waals surface area (Å²) >= 11 is 0. The molecule has 1 fully saturated rings. The highest BCUT2D eigenvalue weighted by molar-refractivity contribution is 5.24. The van der Waals surface area contributed by atoms with Crippen molar-refractivity contribution in [3.8, 4) is 0 Å². The fourth-order valence-electron chi connectivity index (χ4n) is 2.74. The highest BCUT2D eigenvalue weighted by atomic mass is 14.7. The van der Waals surface area contributed by atoms with Crippen molar-refractivity contribution >= 4 is 0 Å². The van der Waals surface area contributed by atoms with Crippen LogP contribution in [-0.2, 0) is 5.54 Å². The lowest BCUT2D eigenvalue weighted by Gasteiger charge is -2.37. The second-order valence-corrected chi connectivity index (χ2v) is 4.98. The molecule has 0 heterocycles. The summed E-state index contributed by atoms with van der Waals surface area (Å²) in [6, 6.07) is 10.6. The first-order valence-electron chi connectivity index (χ1n) is 6.05. The van der Waals surface area contributed by atoms with Gasteiger partial charge in [0.05, 0.1) is 0 Å². The summed E-state index contributed by atoms with van der Waals surface area (Å²) in [7, 11) is 0. The van der Waals surface area contributed by atoms with Crippen molar-refractivity contribution in [1.29, 1.82) is 0 Å². The average Bonchev–Trinajstić information content (AvgIpc) is 2.31. The molecule has 0 saturated heterocycles. The van der Waals surface area contributed by atoms with Crippen LogP contribution in [0.4, 0.5) is 0 Å². The molecule has 0 aromatic heterocycles. The quantitative estimate of drug-likeness (QED) is 0.783. The Morgan fingerprint density at radius 3 is 2.27 bits per heavy atom. The highest BCUT2D eigenvalue weighted by Crippen LogP contribution is 2.36. The van der Waals surface area contributed by atoms with Crippen LogP contribution in [0.15, 0.2) is 30.3 Å². The largest absolute Gasteiger partial charge is 0.321 e. The molecule has 1 nitrogen and oxygen atoms in total. The van der Waals surface area contributed by atoms with Crippen molar-refractivity contribution in [1.82, 2.24) is 0 Å². The van der Waals surface area contributed by atoms with E-state index in [0.717, 1.165) is 0 Å². The van der Waals surface area contributed by atoms with Crippen LogP contribution in [-0.4, -0.2) is 0 Å². The summed E-state index contributed by atoms with van der Waals surface area (Å²) in [5, 5.41) is 0. The molecule has 15 heavy (non-hydrogen) atoms. The second-order valence-electron chi connectivity index (χ2n) is 4.98. The van der Waals surface area contributed by atoms with Gasteiger partial charge in [0.25, 0.3) is 0 Å². The Bertz CT molecular complexity index is 296. The molecular weight excluding hydrogens is 182 g/mol. The van der Waals surface area contributed by atoms with E-state index in [4.69, 9.17) is 5.73 Å². The van der Waals surface area contributed by atoms with Crippen LogP contribution in [0.25, 0.3) is 0 Å². The Morgan fingerprint density at radius 2 is 1.67 bits per heavy atom. The molecule has 82 valence electrons. The average molecular weight is 203 g/mol. The molecule has 2 N–H and O–H groups in total. The Hall–Kier alpha value is -0.820. The summed E-state index contributed by atoms with van der Waals surface area (Å²) < 4.78 is 0. The summed E-state index contributed by atoms with van der Waals surface area (Å²) in [6.45, 7) is 2.19. The van der Waals surface area contributed by atoms with Gasteiger partial charge in [-0.05, 0) is 31.2 Å². The van der Waals surface area contributed by atoms with Gasteiger partial charge in [0.2, 0.25) is 0 Å². The number of rotatable bonds is 2. The van der Waals surface area contributed by atoms with Crippen LogP contribution < -0.4 is 5.73 Å². The van der Waals surface area contributed by atoms with E-state index in [1.165, 1.54) is 37.7 Å². The Morgan fingerprint density at radius 1 is 1.07 bits per heavy atom. The van der Waals surface area contributed by atoms with E-state index in [1.807, 2.05) is 0 Å². The molecule has 1 aromatic carbocycles. The molecule has 0 bridgehead atoms. The first-order chi connectivity index (χ1) is 7.21. The maximum Gasteiger partial charge on any atom is 0.0409 e. The number of benzene rings is 1. The Labute approximate surface area is 92.7 Å². The van der Waals surface area contributed by atoms with Crippen LogP contribution in [0, 0.1) is 5.92 Å². The zero-order valence-electron chi connectivity index (χ0n) is 9.58. The van der Waals surface area contributed by atoms with Crippen molar-refractivity contribution in [2.45, 2.75) is 44.6 Å². The third kappa shape index (κ3) is 2.23. The normalized spacial score (nSPS) is 22.3. The van der Waals surface area contributed by atoms with Gasteiger partial charge in [0.1, 0.15) is 0 Å². The summed E-state index contributed by atoms with van der Waals surface area (Å²) in [6.07, 6.45) is 6.68. The van der Waals surface area contributed by atoms with Crippen LogP contribution in [0.1, 0.15) is 44.6 Å². The molecule has 1 unspecified atom stereocenters. The maximum absolute atomic E-state index is 6.51. The van der Waals surface area contributed by atoms with Crippen LogP contribution in [0.3, 0.4) is 0 Å². The van der Waals surface area contributed by atoms with E-state index >= 15 is 0 Å². The summed E-state index contributed by atoms with van der Waals surface area (Å²) in [5.74, 6) is 0.661. The second kappa shape index (κ2) is 4.36. The number of hydrogen-bond acceptors (Lipinski definition) is 1. The van der Waals surface area contributed by atoms with Gasteiger partial charge in [-0.3, -0.25) is 0 Å². The SMILES string of the molecule is CC(N)(c1ccccc1)C1CCCCC1. The van der Waals surface area contributed by atoms with Gasteiger partial charge in [-0.25, -0.2) is 0 Å². The predicted octanol–water partition coefficient (Wildman–Crippen LogP) is 3.44. The molecule has 2 rings (SSSR count). The van der Waals surface area contributed by atoms with E-state index < -0.39 is 0 Å². The van der Waals surface area contributed by atoms with Crippen molar-refractivity contribution in [2.75, 3.05) is 0 Å². The topological polar surface area (TPSA) is 26.0 Å². The van der Waals surface area contributed by atoms with Gasteiger partial charge in [-0.1, -0.05) is 49.6 Å². The van der Waals surface area contributed by atoms with E-state index in [1.54, 1.807) is 0 Å². The van der Waals surface area contributed by atoms with Gasteiger partial charge in [-0.15, -0.1) is 0 Å². The fourth-order valence-corrected chi connectivity index (χ4v) is 2.74. The van der Waals surface area contributed by atoms with Crippen molar-refractivity contribution < 1.29 is 0 Å².